The van der Waals surface area contributed by atoms with E-state index in [2.05, 4.69) is 10.6 Å². The highest BCUT2D eigenvalue weighted by atomic mass is 19.3. The lowest BCUT2D eigenvalue weighted by atomic mass is 10.0. The molecule has 2 aliphatic rings. The van der Waals surface area contributed by atoms with Crippen molar-refractivity contribution in [3.63, 3.8) is 0 Å². The molecule has 0 radical (unpaired) electrons. The van der Waals surface area contributed by atoms with Gasteiger partial charge in [0.1, 0.15) is 25.1 Å². The maximum atomic E-state index is 13.8. The third-order valence-electron chi connectivity index (χ3n) is 7.68. The summed E-state index contributed by atoms with van der Waals surface area (Å²) in [7, 11) is 0. The van der Waals surface area contributed by atoms with Crippen molar-refractivity contribution in [2.45, 2.75) is 44.4 Å². The maximum Gasteiger partial charge on any atom is 0.321 e. The molecule has 1 saturated heterocycles. The number of benzene rings is 3. The minimum atomic E-state index is -3.55. The van der Waals surface area contributed by atoms with Crippen molar-refractivity contribution in [1.29, 1.82) is 0 Å². The van der Waals surface area contributed by atoms with E-state index in [1.54, 1.807) is 37.3 Å². The molecule has 9 nitrogen and oxygen atoms in total. The minimum Gasteiger partial charge on any atom is -0.486 e. The van der Waals surface area contributed by atoms with Crippen LogP contribution < -0.4 is 24.8 Å². The number of alkyl halides is 2. The first-order chi connectivity index (χ1) is 21.2. The number of nitrogens with zero attached hydrogens (tertiary/aromatic N) is 1. The molecule has 3 aromatic carbocycles. The maximum absolute atomic E-state index is 13.8. The van der Waals surface area contributed by atoms with Crippen molar-refractivity contribution in [2.24, 2.45) is 0 Å². The van der Waals surface area contributed by atoms with Gasteiger partial charge < -0.3 is 34.1 Å². The van der Waals surface area contributed by atoms with Crippen LogP contribution in [0, 0.1) is 0 Å². The van der Waals surface area contributed by atoms with E-state index in [-0.39, 0.29) is 11.9 Å². The van der Waals surface area contributed by atoms with Crippen molar-refractivity contribution < 1.29 is 37.3 Å². The summed E-state index contributed by atoms with van der Waals surface area (Å²) in [6.45, 7) is 4.14. The highest BCUT2D eigenvalue weighted by Gasteiger charge is 2.35. The largest absolute Gasteiger partial charge is 0.486 e. The standard InChI is InChI=1S/C33H33F2N3O6/c1-20(36-32(40)33(2,34)35)30(22-6-9-28-29(18-22)43-15-14-42-28)44-26-7-8-27-21(17-26)10-12-38(27)25-5-3-4-23(16-25)31(39)37-24-11-13-41-19-24/h3-10,12,16-18,20,24,30H,11,13-15,19H2,1-2H3,(H,36,40)(H,37,39)/t20-,24+,30-/m0/s1. The van der Waals surface area contributed by atoms with Gasteiger partial charge in [0.25, 0.3) is 11.8 Å². The van der Waals surface area contributed by atoms with Crippen LogP contribution in [0.15, 0.2) is 72.9 Å². The lowest BCUT2D eigenvalue weighted by Crippen LogP contribution is -2.46. The topological polar surface area (TPSA) is 100 Å². The van der Waals surface area contributed by atoms with E-state index < -0.39 is 24.0 Å². The van der Waals surface area contributed by atoms with Gasteiger partial charge in [-0.1, -0.05) is 12.1 Å². The van der Waals surface area contributed by atoms with Crippen LogP contribution in [0.1, 0.15) is 42.3 Å². The SMILES string of the molecule is C[C@H](NC(=O)C(C)(F)F)[C@H](Oc1ccc2c(ccn2-c2cccc(C(=O)N[C@@H]3CCOC3)c2)c1)c1ccc2c(c1)OCCO2. The molecule has 6 rings (SSSR count). The first-order valence-corrected chi connectivity index (χ1v) is 14.5. The predicted octanol–water partition coefficient (Wildman–Crippen LogP) is 5.20. The number of ether oxygens (including phenoxy) is 4. The molecule has 0 spiro atoms. The molecule has 2 amide bonds. The number of hydrogen-bond donors (Lipinski definition) is 2. The van der Waals surface area contributed by atoms with Crippen molar-refractivity contribution in [2.75, 3.05) is 26.4 Å². The van der Waals surface area contributed by atoms with Gasteiger partial charge in [0, 0.05) is 36.4 Å². The first kappa shape index (κ1) is 29.4. The number of aromatic nitrogens is 1. The average Bonchev–Trinajstić information content (AvgIpc) is 3.69. The molecule has 11 heteroatoms. The smallest absolute Gasteiger partial charge is 0.321 e. The second kappa shape index (κ2) is 12.2. The van der Waals surface area contributed by atoms with Gasteiger partial charge in [-0.05, 0) is 73.5 Å². The van der Waals surface area contributed by atoms with E-state index in [0.29, 0.717) is 61.7 Å². The summed E-state index contributed by atoms with van der Waals surface area (Å²) in [5.41, 5.74) is 2.86. The number of carbonyl (C=O) groups is 2. The summed E-state index contributed by atoms with van der Waals surface area (Å²) in [6, 6.07) is 19.2. The van der Waals surface area contributed by atoms with Crippen molar-refractivity contribution in [1.82, 2.24) is 15.2 Å². The molecule has 2 N–H and O–H groups in total. The second-order valence-electron chi connectivity index (χ2n) is 11.1. The monoisotopic (exact) mass is 605 g/mol. The molecule has 0 unspecified atom stereocenters. The van der Waals surface area contributed by atoms with E-state index in [9.17, 15) is 18.4 Å². The Morgan fingerprint density at radius 2 is 1.82 bits per heavy atom. The van der Waals surface area contributed by atoms with E-state index in [0.717, 1.165) is 23.0 Å². The Labute approximate surface area is 253 Å². The number of fused-ring (bicyclic) bond motifs is 2. The van der Waals surface area contributed by atoms with Crippen LogP contribution in [0.4, 0.5) is 8.78 Å². The molecule has 2 aliphatic heterocycles. The molecule has 0 aliphatic carbocycles. The fourth-order valence-electron chi connectivity index (χ4n) is 5.38. The Hall–Kier alpha value is -4.64. The van der Waals surface area contributed by atoms with Crippen LogP contribution in [0.2, 0.25) is 0 Å². The molecule has 0 bridgehead atoms. The summed E-state index contributed by atoms with van der Waals surface area (Å²) in [4.78, 5) is 25.0. The fourth-order valence-corrected chi connectivity index (χ4v) is 5.38. The quantitative estimate of drug-likeness (QED) is 0.272. The van der Waals surface area contributed by atoms with E-state index in [1.165, 1.54) is 0 Å². The summed E-state index contributed by atoms with van der Waals surface area (Å²) in [6.07, 6.45) is 1.88. The predicted molar refractivity (Wildman–Crippen MR) is 159 cm³/mol. The zero-order valence-electron chi connectivity index (χ0n) is 24.3. The summed E-state index contributed by atoms with van der Waals surface area (Å²) >= 11 is 0. The van der Waals surface area contributed by atoms with Gasteiger partial charge in [-0.25, -0.2) is 0 Å². The average molecular weight is 606 g/mol. The lowest BCUT2D eigenvalue weighted by molar-refractivity contribution is -0.144. The Balaban J connectivity index is 1.26. The first-order valence-electron chi connectivity index (χ1n) is 14.5. The molecule has 3 heterocycles. The van der Waals surface area contributed by atoms with E-state index >= 15 is 0 Å². The number of amides is 2. The van der Waals surface area contributed by atoms with Crippen LogP contribution in [0.5, 0.6) is 17.2 Å². The Kier molecular flexibility index (Phi) is 8.13. The van der Waals surface area contributed by atoms with Crippen molar-refractivity contribution >= 4 is 22.7 Å². The molecule has 4 aromatic rings. The summed E-state index contributed by atoms with van der Waals surface area (Å²) < 4.78 is 52.5. The highest BCUT2D eigenvalue weighted by molar-refractivity contribution is 5.95. The highest BCUT2D eigenvalue weighted by Crippen LogP contribution is 2.36. The second-order valence-corrected chi connectivity index (χ2v) is 11.1. The number of halogens is 2. The summed E-state index contributed by atoms with van der Waals surface area (Å²) in [5.74, 6) is -3.52. The van der Waals surface area contributed by atoms with Crippen molar-refractivity contribution in [3.05, 3.63) is 84.1 Å². The third-order valence-corrected chi connectivity index (χ3v) is 7.68. The molecule has 0 saturated carbocycles. The van der Waals surface area contributed by atoms with Gasteiger partial charge in [-0.2, -0.15) is 8.78 Å². The van der Waals surface area contributed by atoms with Crippen LogP contribution in [-0.4, -0.2) is 60.8 Å². The van der Waals surface area contributed by atoms with Crippen LogP contribution in [-0.2, 0) is 9.53 Å². The van der Waals surface area contributed by atoms with Crippen LogP contribution in [0.3, 0.4) is 0 Å². The van der Waals surface area contributed by atoms with Gasteiger partial charge in [0.05, 0.1) is 24.2 Å². The molecule has 230 valence electrons. The number of rotatable bonds is 9. The molecular formula is C33H33F2N3O6. The molecule has 44 heavy (non-hydrogen) atoms. The van der Waals surface area contributed by atoms with E-state index in [1.807, 2.05) is 47.2 Å². The van der Waals surface area contributed by atoms with Crippen molar-refractivity contribution in [3.8, 4) is 22.9 Å². The minimum absolute atomic E-state index is 0.0116. The van der Waals surface area contributed by atoms with Gasteiger partial charge in [-0.15, -0.1) is 0 Å². The van der Waals surface area contributed by atoms with Crippen LogP contribution in [0.25, 0.3) is 16.6 Å². The summed E-state index contributed by atoms with van der Waals surface area (Å²) in [5, 5.41) is 6.27. The van der Waals surface area contributed by atoms with Gasteiger partial charge in [0.2, 0.25) is 0 Å². The molecular weight excluding hydrogens is 572 g/mol. The van der Waals surface area contributed by atoms with Crippen LogP contribution >= 0.6 is 0 Å². The zero-order valence-corrected chi connectivity index (χ0v) is 24.3. The Morgan fingerprint density at radius 1 is 1.00 bits per heavy atom. The van der Waals surface area contributed by atoms with Gasteiger partial charge in [-0.3, -0.25) is 9.59 Å². The third kappa shape index (κ3) is 6.33. The van der Waals surface area contributed by atoms with Gasteiger partial charge in [0.15, 0.2) is 11.5 Å². The fraction of sp³-hybridized carbons (Fsp3) is 0.333. The Morgan fingerprint density at radius 3 is 2.59 bits per heavy atom. The molecule has 1 aromatic heterocycles. The number of nitrogens with one attached hydrogen (secondary N) is 2. The number of hydrogen-bond acceptors (Lipinski definition) is 6. The Bertz CT molecular complexity index is 1680. The number of carbonyl (C=O) groups excluding carboxylic acids is 2. The molecule has 1 fully saturated rings. The van der Waals surface area contributed by atoms with E-state index in [4.69, 9.17) is 18.9 Å². The molecule has 3 atom stereocenters. The lowest BCUT2D eigenvalue weighted by Gasteiger charge is -2.28. The van der Waals surface area contributed by atoms with Gasteiger partial charge >= 0.3 is 5.92 Å². The zero-order chi connectivity index (χ0) is 30.8. The normalized spacial score (nSPS) is 17.6.